The van der Waals surface area contributed by atoms with Crippen LogP contribution in [0.1, 0.15) is 30.5 Å². The molecule has 0 radical (unpaired) electrons. The number of primary amides is 1. The second-order valence-electron chi connectivity index (χ2n) is 4.17. The minimum Gasteiger partial charge on any atom is -0.481 e. The Morgan fingerprint density at radius 1 is 1.56 bits per heavy atom. The molecule has 1 aliphatic carbocycles. The van der Waals surface area contributed by atoms with Crippen LogP contribution in [-0.2, 0) is 11.2 Å². The molecule has 2 atom stereocenters. The molecule has 1 aromatic carbocycles. The number of carbonyl (C=O) groups excluding carboxylic acids is 1. The lowest BCUT2D eigenvalue weighted by Gasteiger charge is -2.12. The van der Waals surface area contributed by atoms with Gasteiger partial charge in [-0.1, -0.05) is 6.07 Å². The molecule has 1 aliphatic rings. The second kappa shape index (κ2) is 4.14. The highest BCUT2D eigenvalue weighted by Gasteiger charge is 2.20. The van der Waals surface area contributed by atoms with Crippen molar-refractivity contribution in [1.82, 2.24) is 0 Å². The van der Waals surface area contributed by atoms with Crippen molar-refractivity contribution in [3.63, 3.8) is 0 Å². The fourth-order valence-corrected chi connectivity index (χ4v) is 1.96. The molecule has 86 valence electrons. The Morgan fingerprint density at radius 3 is 3.00 bits per heavy atom. The van der Waals surface area contributed by atoms with E-state index in [0.717, 1.165) is 12.8 Å². The molecule has 2 rings (SSSR count). The molecule has 0 saturated heterocycles. The minimum absolute atomic E-state index is 0.137. The summed E-state index contributed by atoms with van der Waals surface area (Å²) in [6.07, 6.45) is 1.34. The molecule has 16 heavy (non-hydrogen) atoms. The first-order chi connectivity index (χ1) is 7.58. The molecule has 4 heteroatoms. The molecule has 0 fully saturated rings. The first kappa shape index (κ1) is 11.0. The average molecular weight is 220 g/mol. The predicted molar refractivity (Wildman–Crippen MR) is 61.0 cm³/mol. The van der Waals surface area contributed by atoms with E-state index in [-0.39, 0.29) is 6.04 Å². The SMILES string of the molecule is CC(Oc1ccc2c(c1)CC[C@@H]2N)C(N)=O. The third-order valence-corrected chi connectivity index (χ3v) is 2.95. The van der Waals surface area contributed by atoms with E-state index in [1.165, 1.54) is 11.1 Å². The van der Waals surface area contributed by atoms with E-state index in [9.17, 15) is 4.79 Å². The van der Waals surface area contributed by atoms with Crippen molar-refractivity contribution in [3.8, 4) is 5.75 Å². The second-order valence-corrected chi connectivity index (χ2v) is 4.17. The highest BCUT2D eigenvalue weighted by molar-refractivity contribution is 5.78. The van der Waals surface area contributed by atoms with Gasteiger partial charge < -0.3 is 16.2 Å². The summed E-state index contributed by atoms with van der Waals surface area (Å²) in [5, 5.41) is 0. The number of amides is 1. The Balaban J connectivity index is 2.16. The average Bonchev–Trinajstić information content (AvgIpc) is 2.60. The molecule has 0 spiro atoms. The van der Waals surface area contributed by atoms with Crippen LogP contribution < -0.4 is 16.2 Å². The Kier molecular flexibility index (Phi) is 2.83. The van der Waals surface area contributed by atoms with Crippen molar-refractivity contribution in [1.29, 1.82) is 0 Å². The van der Waals surface area contributed by atoms with E-state index in [4.69, 9.17) is 16.2 Å². The lowest BCUT2D eigenvalue weighted by Crippen LogP contribution is -2.30. The van der Waals surface area contributed by atoms with Gasteiger partial charge in [0.05, 0.1) is 0 Å². The molecule has 0 aromatic heterocycles. The quantitative estimate of drug-likeness (QED) is 0.793. The maximum absolute atomic E-state index is 10.9. The lowest BCUT2D eigenvalue weighted by molar-refractivity contribution is -0.123. The highest BCUT2D eigenvalue weighted by Crippen LogP contribution is 2.31. The largest absolute Gasteiger partial charge is 0.481 e. The van der Waals surface area contributed by atoms with Gasteiger partial charge in [0.1, 0.15) is 5.75 Å². The molecular weight excluding hydrogens is 204 g/mol. The molecule has 0 bridgehead atoms. The van der Waals surface area contributed by atoms with Gasteiger partial charge in [-0.15, -0.1) is 0 Å². The number of fused-ring (bicyclic) bond motifs is 1. The number of nitrogens with two attached hydrogens (primary N) is 2. The summed E-state index contributed by atoms with van der Waals surface area (Å²) < 4.78 is 5.42. The van der Waals surface area contributed by atoms with Crippen LogP contribution >= 0.6 is 0 Å². The normalized spacial score (nSPS) is 20.2. The standard InChI is InChI=1S/C12H16N2O2/c1-7(12(14)15)16-9-3-4-10-8(6-9)2-5-11(10)13/h3-4,6-7,11H,2,5,13H2,1H3,(H2,14,15)/t7?,11-/m0/s1. The van der Waals surface area contributed by atoms with Gasteiger partial charge in [-0.05, 0) is 43.0 Å². The van der Waals surface area contributed by atoms with Gasteiger partial charge in [-0.3, -0.25) is 4.79 Å². The number of aryl methyl sites for hydroxylation is 1. The zero-order valence-corrected chi connectivity index (χ0v) is 9.27. The van der Waals surface area contributed by atoms with Gasteiger partial charge in [0.2, 0.25) is 0 Å². The first-order valence-electron chi connectivity index (χ1n) is 5.42. The Hall–Kier alpha value is -1.55. The van der Waals surface area contributed by atoms with Gasteiger partial charge in [-0.25, -0.2) is 0 Å². The summed E-state index contributed by atoms with van der Waals surface area (Å²) in [7, 11) is 0. The Morgan fingerprint density at radius 2 is 2.31 bits per heavy atom. The summed E-state index contributed by atoms with van der Waals surface area (Å²) in [6, 6.07) is 5.89. The zero-order valence-electron chi connectivity index (χ0n) is 9.27. The van der Waals surface area contributed by atoms with Crippen molar-refractivity contribution in [2.75, 3.05) is 0 Å². The number of rotatable bonds is 3. The van der Waals surface area contributed by atoms with E-state index in [1.807, 2.05) is 18.2 Å². The van der Waals surface area contributed by atoms with Crippen LogP contribution in [0.25, 0.3) is 0 Å². The van der Waals surface area contributed by atoms with Crippen LogP contribution in [0.5, 0.6) is 5.75 Å². The van der Waals surface area contributed by atoms with Crippen LogP contribution in [0.4, 0.5) is 0 Å². The molecule has 0 heterocycles. The molecule has 4 N–H and O–H groups in total. The van der Waals surface area contributed by atoms with E-state index < -0.39 is 12.0 Å². The smallest absolute Gasteiger partial charge is 0.258 e. The molecular formula is C12H16N2O2. The van der Waals surface area contributed by atoms with Gasteiger partial charge in [0.25, 0.3) is 5.91 Å². The summed E-state index contributed by atoms with van der Waals surface area (Å²) >= 11 is 0. The minimum atomic E-state index is -0.604. The Labute approximate surface area is 94.6 Å². The van der Waals surface area contributed by atoms with E-state index in [2.05, 4.69) is 0 Å². The maximum atomic E-state index is 10.9. The maximum Gasteiger partial charge on any atom is 0.258 e. The number of carbonyl (C=O) groups is 1. The number of hydrogen-bond donors (Lipinski definition) is 2. The van der Waals surface area contributed by atoms with Gasteiger partial charge in [-0.2, -0.15) is 0 Å². The predicted octanol–water partition coefficient (Wildman–Crippen LogP) is 0.885. The number of ether oxygens (including phenoxy) is 1. The van der Waals surface area contributed by atoms with E-state index in [0.29, 0.717) is 5.75 Å². The topological polar surface area (TPSA) is 78.3 Å². The van der Waals surface area contributed by atoms with Crippen molar-refractivity contribution < 1.29 is 9.53 Å². The highest BCUT2D eigenvalue weighted by atomic mass is 16.5. The summed E-state index contributed by atoms with van der Waals surface area (Å²) in [5.74, 6) is 0.219. The molecule has 1 unspecified atom stereocenters. The lowest BCUT2D eigenvalue weighted by atomic mass is 10.1. The summed E-state index contributed by atoms with van der Waals surface area (Å²) in [4.78, 5) is 10.9. The molecule has 1 aromatic rings. The van der Waals surface area contributed by atoms with Crippen molar-refractivity contribution >= 4 is 5.91 Å². The summed E-state index contributed by atoms with van der Waals surface area (Å²) in [6.45, 7) is 1.64. The third-order valence-electron chi connectivity index (χ3n) is 2.95. The zero-order chi connectivity index (χ0) is 11.7. The van der Waals surface area contributed by atoms with Crippen LogP contribution in [0, 0.1) is 0 Å². The molecule has 1 amide bonds. The number of hydrogen-bond acceptors (Lipinski definition) is 3. The molecule has 0 saturated carbocycles. The van der Waals surface area contributed by atoms with Crippen LogP contribution in [0.2, 0.25) is 0 Å². The van der Waals surface area contributed by atoms with Gasteiger partial charge in [0, 0.05) is 6.04 Å². The first-order valence-corrected chi connectivity index (χ1v) is 5.42. The number of benzene rings is 1. The van der Waals surface area contributed by atoms with Crippen molar-refractivity contribution in [2.24, 2.45) is 11.5 Å². The van der Waals surface area contributed by atoms with Crippen molar-refractivity contribution in [2.45, 2.75) is 31.9 Å². The fourth-order valence-electron chi connectivity index (χ4n) is 1.96. The summed E-state index contributed by atoms with van der Waals surface area (Å²) in [5.41, 5.74) is 13.5. The van der Waals surface area contributed by atoms with E-state index >= 15 is 0 Å². The van der Waals surface area contributed by atoms with Crippen LogP contribution in [-0.4, -0.2) is 12.0 Å². The van der Waals surface area contributed by atoms with Gasteiger partial charge in [0.15, 0.2) is 6.10 Å². The Bertz CT molecular complexity index is 417. The van der Waals surface area contributed by atoms with Gasteiger partial charge >= 0.3 is 0 Å². The van der Waals surface area contributed by atoms with E-state index in [1.54, 1.807) is 6.92 Å². The van der Waals surface area contributed by atoms with Crippen molar-refractivity contribution in [3.05, 3.63) is 29.3 Å². The third kappa shape index (κ3) is 2.02. The molecule has 4 nitrogen and oxygen atoms in total. The fraction of sp³-hybridized carbons (Fsp3) is 0.417. The monoisotopic (exact) mass is 220 g/mol. The van der Waals surface area contributed by atoms with Crippen LogP contribution in [0.3, 0.4) is 0 Å². The van der Waals surface area contributed by atoms with Crippen LogP contribution in [0.15, 0.2) is 18.2 Å². The molecule has 0 aliphatic heterocycles.